The van der Waals surface area contributed by atoms with E-state index in [1.165, 1.54) is 0 Å². The lowest BCUT2D eigenvalue weighted by Crippen LogP contribution is -2.06. The van der Waals surface area contributed by atoms with E-state index in [4.69, 9.17) is 5.26 Å². The van der Waals surface area contributed by atoms with Gasteiger partial charge in [0.1, 0.15) is 6.07 Å². The number of aryl methyl sites for hydroxylation is 1. The Hall–Kier alpha value is -1.80. The lowest BCUT2D eigenvalue weighted by atomic mass is 10.2. The summed E-state index contributed by atoms with van der Waals surface area (Å²) in [5.41, 5.74) is 2.57. The topological polar surface area (TPSA) is 53.6 Å². The molecule has 1 N–H and O–H groups in total. The number of imidazole rings is 1. The first-order valence-corrected chi connectivity index (χ1v) is 6.46. The van der Waals surface area contributed by atoms with Gasteiger partial charge in [-0.25, -0.2) is 4.98 Å². The highest BCUT2D eigenvalue weighted by atomic mass is 79.9. The van der Waals surface area contributed by atoms with E-state index in [0.29, 0.717) is 12.1 Å². The molecule has 92 valence electrons. The zero-order valence-corrected chi connectivity index (χ0v) is 11.6. The maximum Gasteiger partial charge on any atom is 0.101 e. The molecule has 18 heavy (non-hydrogen) atoms. The average Bonchev–Trinajstić information content (AvgIpc) is 2.84. The van der Waals surface area contributed by atoms with Crippen LogP contribution in [0.2, 0.25) is 0 Å². The van der Waals surface area contributed by atoms with Crippen molar-refractivity contribution in [1.29, 1.82) is 5.26 Å². The smallest absolute Gasteiger partial charge is 0.101 e. The van der Waals surface area contributed by atoms with E-state index in [1.807, 2.05) is 24.7 Å². The predicted octanol–water partition coefficient (Wildman–Crippen LogP) is 3.15. The van der Waals surface area contributed by atoms with Crippen LogP contribution in [0.15, 0.2) is 35.2 Å². The van der Waals surface area contributed by atoms with Gasteiger partial charge in [-0.3, -0.25) is 0 Å². The fraction of sp³-hybridized carbons (Fsp3) is 0.231. The minimum atomic E-state index is 0.631. The number of nitrogens with zero attached hydrogens (tertiary/aromatic N) is 3. The summed E-state index contributed by atoms with van der Waals surface area (Å²) in [6, 6.07) is 7.80. The quantitative estimate of drug-likeness (QED) is 0.944. The lowest BCUT2D eigenvalue weighted by molar-refractivity contribution is 0.719. The van der Waals surface area contributed by atoms with Crippen molar-refractivity contribution in [3.8, 4) is 6.07 Å². The van der Waals surface area contributed by atoms with Crippen molar-refractivity contribution < 1.29 is 0 Å². The second kappa shape index (κ2) is 5.69. The standard InChI is InChI=1S/C13H13BrN4/c1-2-18-9-16-7-12(18)8-17-13-4-3-11(14)5-10(13)6-15/h3-5,7,9,17H,2,8H2,1H3. The van der Waals surface area contributed by atoms with Gasteiger partial charge in [0.05, 0.1) is 29.8 Å². The zero-order chi connectivity index (χ0) is 13.0. The van der Waals surface area contributed by atoms with Gasteiger partial charge in [-0.05, 0) is 25.1 Å². The molecule has 1 aromatic carbocycles. The lowest BCUT2D eigenvalue weighted by Gasteiger charge is -2.09. The molecule has 0 unspecified atom stereocenters. The van der Waals surface area contributed by atoms with Crippen molar-refractivity contribution in [2.75, 3.05) is 5.32 Å². The summed E-state index contributed by atoms with van der Waals surface area (Å²) < 4.78 is 2.97. The van der Waals surface area contributed by atoms with Gasteiger partial charge in [-0.1, -0.05) is 15.9 Å². The molecule has 0 bridgehead atoms. The molecule has 1 heterocycles. The average molecular weight is 305 g/mol. The molecule has 0 radical (unpaired) electrons. The van der Waals surface area contributed by atoms with E-state index in [1.54, 1.807) is 6.07 Å². The number of hydrogen-bond donors (Lipinski definition) is 1. The maximum absolute atomic E-state index is 9.07. The van der Waals surface area contributed by atoms with Crippen molar-refractivity contribution in [3.63, 3.8) is 0 Å². The molecular weight excluding hydrogens is 292 g/mol. The Bertz CT molecular complexity index is 583. The monoisotopic (exact) mass is 304 g/mol. The molecule has 2 rings (SSSR count). The number of hydrogen-bond acceptors (Lipinski definition) is 3. The molecule has 1 aromatic heterocycles. The van der Waals surface area contributed by atoms with Crippen LogP contribution in [-0.2, 0) is 13.1 Å². The summed E-state index contributed by atoms with van der Waals surface area (Å²) in [5.74, 6) is 0. The first kappa shape index (κ1) is 12.7. The Balaban J connectivity index is 2.14. The van der Waals surface area contributed by atoms with Crippen LogP contribution < -0.4 is 5.32 Å². The predicted molar refractivity (Wildman–Crippen MR) is 74.1 cm³/mol. The minimum Gasteiger partial charge on any atom is -0.378 e. The van der Waals surface area contributed by atoms with Crippen LogP contribution in [0.5, 0.6) is 0 Å². The molecule has 0 aliphatic rings. The number of rotatable bonds is 4. The second-order valence-corrected chi connectivity index (χ2v) is 4.74. The first-order chi connectivity index (χ1) is 8.74. The fourth-order valence-corrected chi connectivity index (χ4v) is 2.09. The van der Waals surface area contributed by atoms with Gasteiger partial charge in [0.2, 0.25) is 0 Å². The molecule has 0 saturated heterocycles. The van der Waals surface area contributed by atoms with Gasteiger partial charge in [-0.2, -0.15) is 5.26 Å². The third kappa shape index (κ3) is 2.71. The first-order valence-electron chi connectivity index (χ1n) is 5.67. The SMILES string of the molecule is CCn1cncc1CNc1ccc(Br)cc1C#N. The van der Waals surface area contributed by atoms with Gasteiger partial charge in [0.25, 0.3) is 0 Å². The van der Waals surface area contributed by atoms with E-state index in [0.717, 1.165) is 22.4 Å². The molecule has 0 atom stereocenters. The maximum atomic E-state index is 9.07. The fourth-order valence-electron chi connectivity index (χ4n) is 1.73. The van der Waals surface area contributed by atoms with E-state index in [2.05, 4.69) is 43.8 Å². The highest BCUT2D eigenvalue weighted by molar-refractivity contribution is 9.10. The van der Waals surface area contributed by atoms with E-state index in [-0.39, 0.29) is 0 Å². The van der Waals surface area contributed by atoms with Crippen LogP contribution in [0.3, 0.4) is 0 Å². The van der Waals surface area contributed by atoms with E-state index < -0.39 is 0 Å². The summed E-state index contributed by atoms with van der Waals surface area (Å²) in [6.07, 6.45) is 3.64. The van der Waals surface area contributed by atoms with Crippen LogP contribution in [0, 0.1) is 11.3 Å². The molecule has 0 amide bonds. The second-order valence-electron chi connectivity index (χ2n) is 3.83. The summed E-state index contributed by atoms with van der Waals surface area (Å²) in [6.45, 7) is 3.62. The van der Waals surface area contributed by atoms with Crippen LogP contribution in [-0.4, -0.2) is 9.55 Å². The molecule has 2 aromatic rings. The number of halogens is 1. The molecular formula is C13H13BrN4. The molecule has 0 aliphatic heterocycles. The van der Waals surface area contributed by atoms with Gasteiger partial charge in [-0.15, -0.1) is 0 Å². The van der Waals surface area contributed by atoms with Crippen molar-refractivity contribution in [3.05, 3.63) is 46.5 Å². The molecule has 4 nitrogen and oxygen atoms in total. The number of benzene rings is 1. The Morgan fingerprint density at radius 3 is 3.06 bits per heavy atom. The van der Waals surface area contributed by atoms with E-state index >= 15 is 0 Å². The van der Waals surface area contributed by atoms with E-state index in [9.17, 15) is 0 Å². The van der Waals surface area contributed by atoms with Crippen LogP contribution >= 0.6 is 15.9 Å². The van der Waals surface area contributed by atoms with Crippen LogP contribution in [0.4, 0.5) is 5.69 Å². The Morgan fingerprint density at radius 1 is 1.50 bits per heavy atom. The van der Waals surface area contributed by atoms with Gasteiger partial charge in [0.15, 0.2) is 0 Å². The highest BCUT2D eigenvalue weighted by Crippen LogP contribution is 2.20. The number of nitrogens with one attached hydrogen (secondary N) is 1. The van der Waals surface area contributed by atoms with Gasteiger partial charge >= 0.3 is 0 Å². The van der Waals surface area contributed by atoms with Gasteiger partial charge in [0, 0.05) is 17.2 Å². The third-order valence-corrected chi connectivity index (χ3v) is 3.19. The largest absolute Gasteiger partial charge is 0.378 e. The Morgan fingerprint density at radius 2 is 2.33 bits per heavy atom. The van der Waals surface area contributed by atoms with Crippen molar-refractivity contribution >= 4 is 21.6 Å². The van der Waals surface area contributed by atoms with Crippen molar-refractivity contribution in [1.82, 2.24) is 9.55 Å². The summed E-state index contributed by atoms with van der Waals surface area (Å²) in [7, 11) is 0. The highest BCUT2D eigenvalue weighted by Gasteiger charge is 2.04. The number of nitriles is 1. The van der Waals surface area contributed by atoms with Crippen LogP contribution in [0.1, 0.15) is 18.2 Å². The molecule has 5 heteroatoms. The Kier molecular flexibility index (Phi) is 4.00. The molecule has 0 fully saturated rings. The molecule has 0 saturated carbocycles. The summed E-state index contributed by atoms with van der Waals surface area (Å²) in [5, 5.41) is 12.3. The Labute approximate surface area is 114 Å². The molecule has 0 spiro atoms. The summed E-state index contributed by atoms with van der Waals surface area (Å²) in [4.78, 5) is 4.11. The van der Waals surface area contributed by atoms with Crippen molar-refractivity contribution in [2.24, 2.45) is 0 Å². The van der Waals surface area contributed by atoms with Gasteiger partial charge < -0.3 is 9.88 Å². The zero-order valence-electron chi connectivity index (χ0n) is 10.0. The molecule has 0 aliphatic carbocycles. The third-order valence-electron chi connectivity index (χ3n) is 2.70. The number of aromatic nitrogens is 2. The normalized spacial score (nSPS) is 10.1. The van der Waals surface area contributed by atoms with Crippen LogP contribution in [0.25, 0.3) is 0 Å². The summed E-state index contributed by atoms with van der Waals surface area (Å²) >= 11 is 3.36. The van der Waals surface area contributed by atoms with Crippen molar-refractivity contribution in [2.45, 2.75) is 20.0 Å². The minimum absolute atomic E-state index is 0.631. The number of anilines is 1.